The lowest BCUT2D eigenvalue weighted by atomic mass is 10.1. The highest BCUT2D eigenvalue weighted by Gasteiger charge is 2.10. The van der Waals surface area contributed by atoms with E-state index in [1.165, 1.54) is 0 Å². The topological polar surface area (TPSA) is 43.8 Å². The highest BCUT2D eigenvalue weighted by atomic mass is 79.9. The predicted molar refractivity (Wildman–Crippen MR) is 64.2 cm³/mol. The van der Waals surface area contributed by atoms with Crippen LogP contribution in [-0.2, 0) is 13.6 Å². The van der Waals surface area contributed by atoms with Gasteiger partial charge in [-0.3, -0.25) is 4.68 Å². The van der Waals surface area contributed by atoms with Crippen molar-refractivity contribution in [1.82, 2.24) is 9.78 Å². The zero-order valence-electron chi connectivity index (χ0n) is 8.44. The molecule has 1 heterocycles. The number of hydrogen-bond donors (Lipinski definition) is 1. The monoisotopic (exact) mass is 265 g/mol. The van der Waals surface area contributed by atoms with Crippen LogP contribution in [0.4, 0.5) is 0 Å². The van der Waals surface area contributed by atoms with Gasteiger partial charge in [-0.05, 0) is 11.6 Å². The van der Waals surface area contributed by atoms with E-state index >= 15 is 0 Å². The lowest BCUT2D eigenvalue weighted by Gasteiger charge is -2.05. The molecule has 2 rings (SSSR count). The molecule has 0 saturated heterocycles. The summed E-state index contributed by atoms with van der Waals surface area (Å²) in [7, 11) is 1.91. The van der Waals surface area contributed by atoms with Gasteiger partial charge in [-0.2, -0.15) is 5.10 Å². The maximum Gasteiger partial charge on any atom is 0.0595 e. The number of aromatic nitrogens is 2. The molecule has 2 aromatic rings. The minimum atomic E-state index is 0.493. The molecule has 0 fully saturated rings. The van der Waals surface area contributed by atoms with Crippen LogP contribution in [-0.4, -0.2) is 9.78 Å². The molecule has 0 atom stereocenters. The van der Waals surface area contributed by atoms with Gasteiger partial charge in [0.15, 0.2) is 0 Å². The lowest BCUT2D eigenvalue weighted by molar-refractivity contribution is 0.713. The van der Waals surface area contributed by atoms with Crippen LogP contribution in [0.25, 0.3) is 11.1 Å². The van der Waals surface area contributed by atoms with E-state index in [4.69, 9.17) is 5.73 Å². The number of aryl methyl sites for hydroxylation is 1. The molecule has 15 heavy (non-hydrogen) atoms. The zero-order valence-corrected chi connectivity index (χ0v) is 10.0. The molecule has 0 bridgehead atoms. The van der Waals surface area contributed by atoms with E-state index < -0.39 is 0 Å². The van der Waals surface area contributed by atoms with Gasteiger partial charge >= 0.3 is 0 Å². The second kappa shape index (κ2) is 4.16. The van der Waals surface area contributed by atoms with E-state index in [-0.39, 0.29) is 0 Å². The molecule has 0 unspecified atom stereocenters. The minimum Gasteiger partial charge on any atom is -0.325 e. The Bertz CT molecular complexity index is 476. The van der Waals surface area contributed by atoms with Gasteiger partial charge in [0, 0.05) is 23.6 Å². The maximum atomic E-state index is 5.71. The summed E-state index contributed by atoms with van der Waals surface area (Å²) in [5.41, 5.74) is 8.97. The Labute approximate surface area is 97.0 Å². The smallest absolute Gasteiger partial charge is 0.0595 e. The zero-order chi connectivity index (χ0) is 10.8. The number of rotatable bonds is 2. The fourth-order valence-corrected chi connectivity index (χ4v) is 2.11. The van der Waals surface area contributed by atoms with Crippen molar-refractivity contribution in [2.75, 3.05) is 0 Å². The molecule has 0 spiro atoms. The Hall–Kier alpha value is -1.13. The Kier molecular flexibility index (Phi) is 2.88. The van der Waals surface area contributed by atoms with Crippen LogP contribution in [0, 0.1) is 0 Å². The third kappa shape index (κ3) is 1.82. The molecule has 0 aliphatic carbocycles. The van der Waals surface area contributed by atoms with Crippen LogP contribution in [0.15, 0.2) is 34.9 Å². The normalized spacial score (nSPS) is 10.6. The van der Waals surface area contributed by atoms with E-state index in [2.05, 4.69) is 27.1 Å². The van der Waals surface area contributed by atoms with Gasteiger partial charge in [0.05, 0.1) is 11.9 Å². The lowest BCUT2D eigenvalue weighted by Crippen LogP contribution is -2.05. The first-order valence-electron chi connectivity index (χ1n) is 4.70. The van der Waals surface area contributed by atoms with Gasteiger partial charge in [0.1, 0.15) is 0 Å². The molecular weight excluding hydrogens is 254 g/mol. The average Bonchev–Trinajstić information content (AvgIpc) is 2.60. The molecule has 0 aliphatic rings. The van der Waals surface area contributed by atoms with Crippen molar-refractivity contribution in [3.8, 4) is 11.1 Å². The van der Waals surface area contributed by atoms with Gasteiger partial charge in [-0.1, -0.05) is 34.1 Å². The Balaban J connectivity index is 2.59. The third-order valence-electron chi connectivity index (χ3n) is 2.42. The van der Waals surface area contributed by atoms with Crippen LogP contribution in [0.3, 0.4) is 0 Å². The fourth-order valence-electron chi connectivity index (χ4n) is 1.61. The molecule has 2 N–H and O–H groups in total. The average molecular weight is 266 g/mol. The molecule has 78 valence electrons. The van der Waals surface area contributed by atoms with Crippen LogP contribution in [0.5, 0.6) is 0 Å². The quantitative estimate of drug-likeness (QED) is 0.906. The summed E-state index contributed by atoms with van der Waals surface area (Å²) in [5.74, 6) is 0. The maximum absolute atomic E-state index is 5.71. The largest absolute Gasteiger partial charge is 0.325 e. The molecular formula is C11H12BrN3. The van der Waals surface area contributed by atoms with Crippen molar-refractivity contribution in [3.63, 3.8) is 0 Å². The second-order valence-corrected chi connectivity index (χ2v) is 4.17. The van der Waals surface area contributed by atoms with Gasteiger partial charge in [0.2, 0.25) is 0 Å². The Morgan fingerprint density at radius 2 is 2.07 bits per heavy atom. The highest BCUT2D eigenvalue weighted by molar-refractivity contribution is 9.10. The molecule has 0 amide bonds. The highest BCUT2D eigenvalue weighted by Crippen LogP contribution is 2.29. The first-order chi connectivity index (χ1) is 7.24. The summed E-state index contributed by atoms with van der Waals surface area (Å²) in [4.78, 5) is 0. The molecule has 4 heteroatoms. The molecule has 1 aromatic heterocycles. The van der Waals surface area contributed by atoms with Crippen molar-refractivity contribution in [3.05, 3.63) is 40.6 Å². The molecule has 1 aromatic carbocycles. The molecule has 3 nitrogen and oxygen atoms in total. The van der Waals surface area contributed by atoms with Crippen LogP contribution >= 0.6 is 15.9 Å². The van der Waals surface area contributed by atoms with E-state index in [9.17, 15) is 0 Å². The number of nitrogens with two attached hydrogens (primary N) is 1. The van der Waals surface area contributed by atoms with Gasteiger partial charge in [-0.15, -0.1) is 0 Å². The summed E-state index contributed by atoms with van der Waals surface area (Å²) < 4.78 is 2.88. The van der Waals surface area contributed by atoms with E-state index in [1.54, 1.807) is 0 Å². The summed E-state index contributed by atoms with van der Waals surface area (Å²) >= 11 is 3.53. The van der Waals surface area contributed by atoms with Gasteiger partial charge in [0.25, 0.3) is 0 Å². The van der Waals surface area contributed by atoms with E-state index in [0.29, 0.717) is 6.54 Å². The van der Waals surface area contributed by atoms with Crippen molar-refractivity contribution in [2.45, 2.75) is 6.54 Å². The predicted octanol–water partition coefficient (Wildman–Crippen LogP) is 2.31. The van der Waals surface area contributed by atoms with E-state index in [1.807, 2.05) is 36.1 Å². The standard InChI is InChI=1S/C11H12BrN3/c1-15-11(6-13)9(7-14-15)8-4-2-3-5-10(8)12/h2-5,7H,6,13H2,1H3. The summed E-state index contributed by atoms with van der Waals surface area (Å²) in [6.07, 6.45) is 1.85. The van der Waals surface area contributed by atoms with Crippen molar-refractivity contribution >= 4 is 15.9 Å². The third-order valence-corrected chi connectivity index (χ3v) is 3.11. The number of halogens is 1. The van der Waals surface area contributed by atoms with Crippen LogP contribution in [0.2, 0.25) is 0 Å². The van der Waals surface area contributed by atoms with Crippen molar-refractivity contribution < 1.29 is 0 Å². The minimum absolute atomic E-state index is 0.493. The summed E-state index contributed by atoms with van der Waals surface area (Å²) in [6, 6.07) is 8.07. The summed E-state index contributed by atoms with van der Waals surface area (Å²) in [5, 5.41) is 4.22. The van der Waals surface area contributed by atoms with Gasteiger partial charge in [-0.25, -0.2) is 0 Å². The number of nitrogens with zero attached hydrogens (tertiary/aromatic N) is 2. The molecule has 0 radical (unpaired) electrons. The fraction of sp³-hybridized carbons (Fsp3) is 0.182. The second-order valence-electron chi connectivity index (χ2n) is 3.31. The van der Waals surface area contributed by atoms with Crippen molar-refractivity contribution in [1.29, 1.82) is 0 Å². The Morgan fingerprint density at radius 1 is 1.33 bits per heavy atom. The van der Waals surface area contributed by atoms with E-state index in [0.717, 1.165) is 21.3 Å². The summed E-state index contributed by atoms with van der Waals surface area (Å²) in [6.45, 7) is 0.493. The molecule has 0 saturated carbocycles. The SMILES string of the molecule is Cn1ncc(-c2ccccc2Br)c1CN. The van der Waals surface area contributed by atoms with Gasteiger partial charge < -0.3 is 5.73 Å². The number of hydrogen-bond acceptors (Lipinski definition) is 2. The van der Waals surface area contributed by atoms with Crippen LogP contribution in [0.1, 0.15) is 5.69 Å². The van der Waals surface area contributed by atoms with Crippen molar-refractivity contribution in [2.24, 2.45) is 12.8 Å². The molecule has 0 aliphatic heterocycles. The first kappa shape index (κ1) is 10.4. The first-order valence-corrected chi connectivity index (χ1v) is 5.49. The Morgan fingerprint density at radius 3 is 2.73 bits per heavy atom. The number of benzene rings is 1. The van der Waals surface area contributed by atoms with Crippen LogP contribution < -0.4 is 5.73 Å².